The summed E-state index contributed by atoms with van der Waals surface area (Å²) in [7, 11) is 0. The summed E-state index contributed by atoms with van der Waals surface area (Å²) < 4.78 is 17.9. The summed E-state index contributed by atoms with van der Waals surface area (Å²) in [6, 6.07) is 5.68. The van der Waals surface area contributed by atoms with Crippen molar-refractivity contribution < 1.29 is 13.7 Å². The van der Waals surface area contributed by atoms with Gasteiger partial charge < -0.3 is 15.6 Å². The van der Waals surface area contributed by atoms with Crippen molar-refractivity contribution in [2.75, 3.05) is 13.1 Å². The van der Waals surface area contributed by atoms with E-state index in [4.69, 9.17) is 10.3 Å². The number of rotatable bonds is 5. The third-order valence-electron chi connectivity index (χ3n) is 4.08. The molecule has 1 saturated heterocycles. The highest BCUT2D eigenvalue weighted by Crippen LogP contribution is 2.14. The van der Waals surface area contributed by atoms with E-state index in [0.717, 1.165) is 25.9 Å². The zero-order valence-electron chi connectivity index (χ0n) is 13.2. The molecule has 1 aliphatic heterocycles. The van der Waals surface area contributed by atoms with E-state index in [1.54, 1.807) is 0 Å². The van der Waals surface area contributed by atoms with E-state index in [2.05, 4.69) is 20.4 Å². The van der Waals surface area contributed by atoms with Gasteiger partial charge in [-0.2, -0.15) is 4.98 Å². The molecule has 7 nitrogen and oxygen atoms in total. The van der Waals surface area contributed by atoms with Crippen LogP contribution in [0.5, 0.6) is 0 Å². The maximum Gasteiger partial charge on any atom is 0.251 e. The average molecular weight is 333 g/mol. The van der Waals surface area contributed by atoms with Crippen molar-refractivity contribution in [3.05, 3.63) is 47.4 Å². The van der Waals surface area contributed by atoms with Gasteiger partial charge in [0.2, 0.25) is 5.89 Å². The summed E-state index contributed by atoms with van der Waals surface area (Å²) >= 11 is 0. The molecule has 2 heterocycles. The van der Waals surface area contributed by atoms with Crippen LogP contribution < -0.4 is 11.1 Å². The van der Waals surface area contributed by atoms with Crippen LogP contribution in [0, 0.1) is 5.82 Å². The van der Waals surface area contributed by atoms with Crippen LogP contribution in [0.3, 0.4) is 0 Å². The molecule has 0 aliphatic carbocycles. The first kappa shape index (κ1) is 16.5. The number of hydrogen-bond acceptors (Lipinski definition) is 6. The van der Waals surface area contributed by atoms with Gasteiger partial charge in [0.25, 0.3) is 5.91 Å². The second-order valence-electron chi connectivity index (χ2n) is 5.84. The number of aromatic nitrogens is 2. The van der Waals surface area contributed by atoms with Crippen molar-refractivity contribution in [1.29, 1.82) is 0 Å². The second kappa shape index (κ2) is 7.50. The molecule has 0 saturated carbocycles. The number of likely N-dealkylation sites (tertiary alicyclic amines) is 1. The highest BCUT2D eigenvalue weighted by molar-refractivity contribution is 5.94. The van der Waals surface area contributed by atoms with Crippen molar-refractivity contribution in [2.24, 2.45) is 5.73 Å². The second-order valence-corrected chi connectivity index (χ2v) is 5.84. The molecule has 1 amide bonds. The lowest BCUT2D eigenvalue weighted by atomic mass is 10.0. The van der Waals surface area contributed by atoms with Gasteiger partial charge >= 0.3 is 0 Å². The van der Waals surface area contributed by atoms with E-state index in [9.17, 15) is 9.18 Å². The normalized spacial score (nSPS) is 16.2. The molecule has 1 aromatic heterocycles. The van der Waals surface area contributed by atoms with Crippen molar-refractivity contribution in [1.82, 2.24) is 20.4 Å². The topological polar surface area (TPSA) is 97.3 Å². The molecular weight excluding hydrogens is 313 g/mol. The molecule has 3 N–H and O–H groups in total. The molecular formula is C16H20FN5O2. The SMILES string of the molecule is NCc1nc(CN2CCC(NC(=O)c3ccc(F)cc3)CC2)no1. The number of piperidine rings is 1. The molecule has 1 aromatic carbocycles. The molecule has 0 radical (unpaired) electrons. The molecule has 0 bridgehead atoms. The number of carbonyl (C=O) groups is 1. The lowest BCUT2D eigenvalue weighted by molar-refractivity contribution is 0.0908. The van der Waals surface area contributed by atoms with Gasteiger partial charge in [0, 0.05) is 24.7 Å². The Morgan fingerprint density at radius 2 is 2.04 bits per heavy atom. The third kappa shape index (κ3) is 4.15. The van der Waals surface area contributed by atoms with Gasteiger partial charge in [0.15, 0.2) is 5.82 Å². The number of amides is 1. The standard InChI is InChI=1S/C16H20FN5O2/c17-12-3-1-11(2-4-12)16(23)19-13-5-7-22(8-6-13)10-14-20-15(9-18)24-21-14/h1-4,13H,5-10,18H2,(H,19,23). The average Bonchev–Trinajstić information content (AvgIpc) is 3.05. The summed E-state index contributed by atoms with van der Waals surface area (Å²) in [5.74, 6) is 0.550. The lowest BCUT2D eigenvalue weighted by Gasteiger charge is -2.31. The van der Waals surface area contributed by atoms with Crippen LogP contribution in [0.1, 0.15) is 34.9 Å². The van der Waals surface area contributed by atoms with Gasteiger partial charge in [0.05, 0.1) is 13.1 Å². The minimum Gasteiger partial charge on any atom is -0.349 e. The summed E-state index contributed by atoms with van der Waals surface area (Å²) in [4.78, 5) is 18.5. The van der Waals surface area contributed by atoms with Crippen molar-refractivity contribution in [2.45, 2.75) is 32.0 Å². The van der Waals surface area contributed by atoms with Crippen LogP contribution in [-0.2, 0) is 13.1 Å². The summed E-state index contributed by atoms with van der Waals surface area (Å²) in [6.07, 6.45) is 1.68. The molecule has 1 aliphatic rings. The Hall–Kier alpha value is -2.32. The van der Waals surface area contributed by atoms with Crippen LogP contribution in [0.25, 0.3) is 0 Å². The Morgan fingerprint density at radius 1 is 1.33 bits per heavy atom. The Morgan fingerprint density at radius 3 is 2.67 bits per heavy atom. The zero-order valence-corrected chi connectivity index (χ0v) is 13.2. The first-order valence-corrected chi connectivity index (χ1v) is 7.94. The van der Waals surface area contributed by atoms with E-state index in [1.807, 2.05) is 0 Å². The Kier molecular flexibility index (Phi) is 5.17. The zero-order chi connectivity index (χ0) is 16.9. The molecule has 24 heavy (non-hydrogen) atoms. The molecule has 2 aromatic rings. The first-order chi connectivity index (χ1) is 11.6. The van der Waals surface area contributed by atoms with Crippen LogP contribution in [0.2, 0.25) is 0 Å². The number of halogens is 1. The number of nitrogens with zero attached hydrogens (tertiary/aromatic N) is 3. The first-order valence-electron chi connectivity index (χ1n) is 7.94. The van der Waals surface area contributed by atoms with Crippen LogP contribution in [-0.4, -0.2) is 40.1 Å². The molecule has 8 heteroatoms. The monoisotopic (exact) mass is 333 g/mol. The van der Waals surface area contributed by atoms with Gasteiger partial charge in [-0.1, -0.05) is 5.16 Å². The molecule has 0 spiro atoms. The number of carbonyl (C=O) groups excluding carboxylic acids is 1. The minimum atomic E-state index is -0.348. The van der Waals surface area contributed by atoms with E-state index in [-0.39, 0.29) is 24.3 Å². The highest BCUT2D eigenvalue weighted by Gasteiger charge is 2.22. The number of nitrogens with one attached hydrogen (secondary N) is 1. The molecule has 1 fully saturated rings. The van der Waals surface area contributed by atoms with E-state index >= 15 is 0 Å². The lowest BCUT2D eigenvalue weighted by Crippen LogP contribution is -2.44. The predicted molar refractivity (Wildman–Crippen MR) is 84.4 cm³/mol. The Balaban J connectivity index is 1.46. The molecule has 0 unspecified atom stereocenters. The maximum absolute atomic E-state index is 12.9. The number of nitrogens with two attached hydrogens (primary N) is 1. The van der Waals surface area contributed by atoms with Crippen LogP contribution >= 0.6 is 0 Å². The minimum absolute atomic E-state index is 0.115. The maximum atomic E-state index is 12.9. The molecule has 0 atom stereocenters. The van der Waals surface area contributed by atoms with E-state index in [1.165, 1.54) is 24.3 Å². The fraction of sp³-hybridized carbons (Fsp3) is 0.438. The fourth-order valence-electron chi connectivity index (χ4n) is 2.74. The van der Waals surface area contributed by atoms with Crippen molar-refractivity contribution >= 4 is 5.91 Å². The quantitative estimate of drug-likeness (QED) is 0.849. The number of hydrogen-bond donors (Lipinski definition) is 2. The van der Waals surface area contributed by atoms with Crippen molar-refractivity contribution in [3.8, 4) is 0 Å². The Labute approximate surface area is 139 Å². The predicted octanol–water partition coefficient (Wildman–Crippen LogP) is 1.06. The number of benzene rings is 1. The Bertz CT molecular complexity index is 680. The van der Waals surface area contributed by atoms with Crippen LogP contribution in [0.4, 0.5) is 4.39 Å². The third-order valence-corrected chi connectivity index (χ3v) is 4.08. The summed E-state index contributed by atoms with van der Waals surface area (Å²) in [5, 5.41) is 6.89. The van der Waals surface area contributed by atoms with Crippen molar-refractivity contribution in [3.63, 3.8) is 0 Å². The largest absolute Gasteiger partial charge is 0.349 e. The highest BCUT2D eigenvalue weighted by atomic mass is 19.1. The fourth-order valence-corrected chi connectivity index (χ4v) is 2.74. The van der Waals surface area contributed by atoms with E-state index in [0.29, 0.717) is 23.8 Å². The van der Waals surface area contributed by atoms with Gasteiger partial charge in [-0.05, 0) is 37.1 Å². The van der Waals surface area contributed by atoms with Gasteiger partial charge in [-0.3, -0.25) is 9.69 Å². The van der Waals surface area contributed by atoms with E-state index < -0.39 is 0 Å². The van der Waals surface area contributed by atoms with Gasteiger partial charge in [0.1, 0.15) is 5.82 Å². The van der Waals surface area contributed by atoms with Gasteiger partial charge in [-0.15, -0.1) is 0 Å². The summed E-state index contributed by atoms with van der Waals surface area (Å²) in [6.45, 7) is 2.52. The smallest absolute Gasteiger partial charge is 0.251 e. The van der Waals surface area contributed by atoms with Crippen LogP contribution in [0.15, 0.2) is 28.8 Å². The summed E-state index contributed by atoms with van der Waals surface area (Å²) in [5.41, 5.74) is 5.92. The molecule has 128 valence electrons. The van der Waals surface area contributed by atoms with Gasteiger partial charge in [-0.25, -0.2) is 4.39 Å². The molecule has 3 rings (SSSR count).